The molecule has 1 aliphatic carbocycles. The number of aryl methyl sites for hydroxylation is 1. The highest BCUT2D eigenvalue weighted by Crippen LogP contribution is 2.37. The lowest BCUT2D eigenvalue weighted by atomic mass is 9.86. The van der Waals surface area contributed by atoms with Gasteiger partial charge in [-0.15, -0.1) is 0 Å². The molecule has 0 amide bonds. The number of aromatic nitrogens is 1. The van der Waals surface area contributed by atoms with Gasteiger partial charge in [0.05, 0.1) is 0 Å². The van der Waals surface area contributed by atoms with Crippen LogP contribution < -0.4 is 0 Å². The lowest BCUT2D eigenvalue weighted by molar-refractivity contribution is 0.476. The molecule has 0 bridgehead atoms. The van der Waals surface area contributed by atoms with Crippen LogP contribution in [0.3, 0.4) is 0 Å². The number of benzene rings is 1. The molecule has 0 fully saturated rings. The van der Waals surface area contributed by atoms with Crippen LogP contribution in [0.25, 0.3) is 10.9 Å². The van der Waals surface area contributed by atoms with E-state index in [1.54, 1.807) is 6.07 Å². The Bertz CT molecular complexity index is 512. The van der Waals surface area contributed by atoms with E-state index in [0.717, 1.165) is 11.9 Å². The maximum Gasteiger partial charge on any atom is 0.117 e. The molecule has 0 radical (unpaired) electrons. The number of nitrogens with one attached hydrogen (secondary N) is 1. The fourth-order valence-corrected chi connectivity index (χ4v) is 2.75. The van der Waals surface area contributed by atoms with Gasteiger partial charge in [-0.05, 0) is 42.9 Å². The van der Waals surface area contributed by atoms with Crippen molar-refractivity contribution in [2.75, 3.05) is 0 Å². The topological polar surface area (TPSA) is 36.0 Å². The number of rotatable bonds is 0. The van der Waals surface area contributed by atoms with E-state index in [-0.39, 0.29) is 0 Å². The van der Waals surface area contributed by atoms with Crippen molar-refractivity contribution in [3.05, 3.63) is 29.5 Å². The van der Waals surface area contributed by atoms with Crippen molar-refractivity contribution in [2.45, 2.75) is 32.1 Å². The van der Waals surface area contributed by atoms with E-state index >= 15 is 0 Å². The summed E-state index contributed by atoms with van der Waals surface area (Å²) in [6.45, 7) is 2.29. The van der Waals surface area contributed by atoms with Gasteiger partial charge in [-0.3, -0.25) is 0 Å². The zero-order valence-electron chi connectivity index (χ0n) is 8.88. The van der Waals surface area contributed by atoms with Crippen molar-refractivity contribution in [3.8, 4) is 5.75 Å². The monoisotopic (exact) mass is 201 g/mol. The molecule has 2 heteroatoms. The molecule has 1 aromatic carbocycles. The Labute approximate surface area is 88.9 Å². The van der Waals surface area contributed by atoms with Crippen LogP contribution in [-0.4, -0.2) is 10.1 Å². The number of fused-ring (bicyclic) bond motifs is 3. The van der Waals surface area contributed by atoms with Gasteiger partial charge in [-0.1, -0.05) is 6.92 Å². The first-order chi connectivity index (χ1) is 7.25. The van der Waals surface area contributed by atoms with E-state index in [1.165, 1.54) is 29.5 Å². The van der Waals surface area contributed by atoms with Crippen LogP contribution in [-0.2, 0) is 6.42 Å². The molecule has 1 unspecified atom stereocenters. The molecule has 1 aromatic heterocycles. The Balaban J connectivity index is 2.32. The Kier molecular flexibility index (Phi) is 1.78. The van der Waals surface area contributed by atoms with Crippen LogP contribution in [0.5, 0.6) is 5.75 Å². The third-order valence-corrected chi connectivity index (χ3v) is 3.46. The number of H-pyrrole nitrogens is 1. The van der Waals surface area contributed by atoms with Crippen LogP contribution in [0, 0.1) is 0 Å². The zero-order valence-corrected chi connectivity index (χ0v) is 8.88. The second-order valence-corrected chi connectivity index (χ2v) is 4.54. The number of aromatic hydroxyl groups is 1. The third kappa shape index (κ3) is 1.24. The van der Waals surface area contributed by atoms with Gasteiger partial charge in [0, 0.05) is 22.7 Å². The number of hydrogen-bond donors (Lipinski definition) is 2. The van der Waals surface area contributed by atoms with Crippen LogP contribution in [0.2, 0.25) is 0 Å². The molecule has 1 atom stereocenters. The quantitative estimate of drug-likeness (QED) is 0.674. The van der Waals surface area contributed by atoms with Gasteiger partial charge >= 0.3 is 0 Å². The summed E-state index contributed by atoms with van der Waals surface area (Å²) < 4.78 is 0. The first-order valence-electron chi connectivity index (χ1n) is 5.59. The zero-order chi connectivity index (χ0) is 10.4. The summed E-state index contributed by atoms with van der Waals surface area (Å²) in [5, 5.41) is 10.7. The molecule has 78 valence electrons. The first kappa shape index (κ1) is 8.84. The molecular weight excluding hydrogens is 186 g/mol. The second kappa shape index (κ2) is 3.02. The first-order valence-corrected chi connectivity index (χ1v) is 5.59. The molecule has 2 N–H and O–H groups in total. The average Bonchev–Trinajstić information content (AvgIpc) is 2.56. The Hall–Kier alpha value is -1.44. The van der Waals surface area contributed by atoms with Gasteiger partial charge in [-0.25, -0.2) is 0 Å². The smallest absolute Gasteiger partial charge is 0.117 e. The maximum absolute atomic E-state index is 9.44. The summed E-state index contributed by atoms with van der Waals surface area (Å²) in [5.74, 6) is 0.987. The predicted molar refractivity (Wildman–Crippen MR) is 61.3 cm³/mol. The highest BCUT2D eigenvalue weighted by atomic mass is 16.3. The maximum atomic E-state index is 9.44. The molecule has 0 saturated carbocycles. The van der Waals surface area contributed by atoms with Crippen molar-refractivity contribution in [1.82, 2.24) is 4.98 Å². The van der Waals surface area contributed by atoms with E-state index in [2.05, 4.69) is 11.9 Å². The Morgan fingerprint density at radius 1 is 1.40 bits per heavy atom. The number of phenols is 1. The molecule has 2 nitrogen and oxygen atoms in total. The van der Waals surface area contributed by atoms with E-state index in [0.29, 0.717) is 11.7 Å². The summed E-state index contributed by atoms with van der Waals surface area (Å²) in [5.41, 5.74) is 3.92. The van der Waals surface area contributed by atoms with Crippen molar-refractivity contribution in [2.24, 2.45) is 0 Å². The van der Waals surface area contributed by atoms with Crippen molar-refractivity contribution in [1.29, 1.82) is 0 Å². The van der Waals surface area contributed by atoms with Gasteiger partial charge in [0.15, 0.2) is 0 Å². The largest absolute Gasteiger partial charge is 0.508 e. The molecule has 1 heterocycles. The fourth-order valence-electron chi connectivity index (χ4n) is 2.75. The minimum Gasteiger partial charge on any atom is -0.508 e. The van der Waals surface area contributed by atoms with Crippen LogP contribution >= 0.6 is 0 Å². The number of aromatic amines is 1. The summed E-state index contributed by atoms with van der Waals surface area (Å²) in [6, 6.07) is 5.62. The Morgan fingerprint density at radius 2 is 2.27 bits per heavy atom. The highest BCUT2D eigenvalue weighted by Gasteiger charge is 2.21. The summed E-state index contributed by atoms with van der Waals surface area (Å²) >= 11 is 0. The minimum absolute atomic E-state index is 0.341. The van der Waals surface area contributed by atoms with Crippen molar-refractivity contribution < 1.29 is 5.11 Å². The van der Waals surface area contributed by atoms with Crippen LogP contribution in [0.1, 0.15) is 36.9 Å². The molecular formula is C13H15NO. The van der Waals surface area contributed by atoms with Crippen LogP contribution in [0.4, 0.5) is 0 Å². The average molecular weight is 201 g/mol. The molecule has 0 saturated heterocycles. The van der Waals surface area contributed by atoms with Gasteiger partial charge in [-0.2, -0.15) is 0 Å². The van der Waals surface area contributed by atoms with Gasteiger partial charge in [0.2, 0.25) is 0 Å². The molecule has 15 heavy (non-hydrogen) atoms. The Morgan fingerprint density at radius 3 is 3.13 bits per heavy atom. The predicted octanol–water partition coefficient (Wildman–Crippen LogP) is 3.31. The second-order valence-electron chi connectivity index (χ2n) is 4.54. The van der Waals surface area contributed by atoms with E-state index in [9.17, 15) is 5.11 Å². The van der Waals surface area contributed by atoms with Crippen molar-refractivity contribution in [3.63, 3.8) is 0 Å². The molecule has 1 aliphatic rings. The van der Waals surface area contributed by atoms with Crippen molar-refractivity contribution >= 4 is 10.9 Å². The van der Waals surface area contributed by atoms with E-state index in [4.69, 9.17) is 0 Å². The minimum atomic E-state index is 0.341. The van der Waals surface area contributed by atoms with Gasteiger partial charge in [0.25, 0.3) is 0 Å². The molecule has 2 aromatic rings. The molecule has 0 spiro atoms. The number of phenolic OH excluding ortho intramolecular Hbond substituents is 1. The lowest BCUT2D eigenvalue weighted by Crippen LogP contribution is -2.04. The highest BCUT2D eigenvalue weighted by molar-refractivity contribution is 5.86. The van der Waals surface area contributed by atoms with E-state index < -0.39 is 0 Å². The standard InChI is InChI=1S/C13H15NO/c1-8-3-2-4-11-13(8)10-6-5-9(15)7-12(10)14-11/h5-8,14-15H,2-4H2,1H3. The van der Waals surface area contributed by atoms with Gasteiger partial charge < -0.3 is 10.1 Å². The van der Waals surface area contributed by atoms with E-state index in [1.807, 2.05) is 12.1 Å². The number of hydrogen-bond acceptors (Lipinski definition) is 1. The third-order valence-electron chi connectivity index (χ3n) is 3.46. The normalized spacial score (nSPS) is 20.5. The molecule has 3 rings (SSSR count). The summed E-state index contributed by atoms with van der Waals surface area (Å²) in [6.07, 6.45) is 3.70. The summed E-state index contributed by atoms with van der Waals surface area (Å²) in [4.78, 5) is 3.43. The molecule has 0 aliphatic heterocycles. The lowest BCUT2D eigenvalue weighted by Gasteiger charge is -2.18. The van der Waals surface area contributed by atoms with Gasteiger partial charge in [0.1, 0.15) is 5.75 Å². The van der Waals surface area contributed by atoms with Crippen LogP contribution in [0.15, 0.2) is 18.2 Å². The SMILES string of the molecule is CC1CCCc2[nH]c3cc(O)ccc3c21. The fraction of sp³-hybridized carbons (Fsp3) is 0.385. The summed E-state index contributed by atoms with van der Waals surface area (Å²) in [7, 11) is 0.